The van der Waals surface area contributed by atoms with Crippen LogP contribution in [-0.2, 0) is 11.2 Å². The van der Waals surface area contributed by atoms with Crippen LogP contribution in [0.2, 0.25) is 0 Å². The van der Waals surface area contributed by atoms with E-state index in [9.17, 15) is 4.79 Å². The number of nitrogens with zero attached hydrogens (tertiary/aromatic N) is 4. The summed E-state index contributed by atoms with van der Waals surface area (Å²) in [4.78, 5) is 16.6. The minimum Gasteiger partial charge on any atom is -0.396 e. The summed E-state index contributed by atoms with van der Waals surface area (Å²) < 4.78 is 1.66. The molecule has 2 aromatic rings. The van der Waals surface area contributed by atoms with Gasteiger partial charge >= 0.3 is 0 Å². The summed E-state index contributed by atoms with van der Waals surface area (Å²) in [5, 5.41) is 25.3. The molecule has 0 aromatic carbocycles. The number of carbonyl (C=O) groups excluding carboxylic acids is 1. The summed E-state index contributed by atoms with van der Waals surface area (Å²) >= 11 is 0. The fourth-order valence-electron chi connectivity index (χ4n) is 2.81. The van der Waals surface area contributed by atoms with Gasteiger partial charge in [-0.25, -0.2) is 9.50 Å². The van der Waals surface area contributed by atoms with E-state index in [1.54, 1.807) is 4.52 Å². The number of aliphatic hydroxyl groups is 1. The quantitative estimate of drug-likeness (QED) is 0.796. The van der Waals surface area contributed by atoms with Gasteiger partial charge in [0.2, 0.25) is 5.91 Å². The molecule has 2 heterocycles. The number of hydrogen-bond donors (Lipinski definition) is 2. The van der Waals surface area contributed by atoms with Crippen LogP contribution in [0.25, 0.3) is 5.65 Å². The third-order valence-electron chi connectivity index (χ3n) is 4.48. The van der Waals surface area contributed by atoms with Gasteiger partial charge in [-0.2, -0.15) is 10.4 Å². The van der Waals surface area contributed by atoms with Crippen molar-refractivity contribution in [3.8, 4) is 6.07 Å². The topological polar surface area (TPSA) is 103 Å². The number of aryl methyl sites for hydroxylation is 2. The van der Waals surface area contributed by atoms with Crippen molar-refractivity contribution in [2.24, 2.45) is 5.41 Å². The molecule has 0 bridgehead atoms. The number of aliphatic hydroxyl groups excluding tert-OH is 1. The van der Waals surface area contributed by atoms with Crippen LogP contribution in [-0.4, -0.2) is 38.8 Å². The van der Waals surface area contributed by atoms with E-state index in [1.807, 2.05) is 27.7 Å². The zero-order chi connectivity index (χ0) is 18.6. The summed E-state index contributed by atoms with van der Waals surface area (Å²) in [5.41, 5.74) is 3.56. The fourth-order valence-corrected chi connectivity index (χ4v) is 2.81. The second-order valence-electron chi connectivity index (χ2n) is 7.08. The maximum Gasteiger partial charge on any atom is 0.220 e. The summed E-state index contributed by atoms with van der Waals surface area (Å²) in [6.07, 6.45) is 3.08. The Kier molecular flexibility index (Phi) is 5.75. The first-order valence-electron chi connectivity index (χ1n) is 8.40. The van der Waals surface area contributed by atoms with Crippen molar-refractivity contribution >= 4 is 11.6 Å². The third-order valence-corrected chi connectivity index (χ3v) is 4.48. The van der Waals surface area contributed by atoms with E-state index in [0.29, 0.717) is 37.0 Å². The summed E-state index contributed by atoms with van der Waals surface area (Å²) in [7, 11) is 0. The van der Waals surface area contributed by atoms with Crippen LogP contribution < -0.4 is 5.32 Å². The first kappa shape index (κ1) is 18.9. The second-order valence-corrected chi connectivity index (χ2v) is 7.08. The highest BCUT2D eigenvalue weighted by atomic mass is 16.3. The van der Waals surface area contributed by atoms with Crippen molar-refractivity contribution in [1.29, 1.82) is 5.26 Å². The van der Waals surface area contributed by atoms with Crippen molar-refractivity contribution < 1.29 is 9.90 Å². The lowest BCUT2D eigenvalue weighted by molar-refractivity contribution is -0.121. The van der Waals surface area contributed by atoms with Crippen LogP contribution in [0.5, 0.6) is 0 Å². The molecule has 0 unspecified atom stereocenters. The van der Waals surface area contributed by atoms with E-state index in [-0.39, 0.29) is 17.9 Å². The van der Waals surface area contributed by atoms with Crippen molar-refractivity contribution in [3.05, 3.63) is 28.7 Å². The highest BCUT2D eigenvalue weighted by Crippen LogP contribution is 2.19. The highest BCUT2D eigenvalue weighted by molar-refractivity contribution is 5.76. The highest BCUT2D eigenvalue weighted by Gasteiger charge is 2.19. The standard InChI is InChI=1S/C18H25N5O2/c1-12-15(5-6-16(25)20-11-18(3,4)7-8-24)13(2)23-17(22-12)14(9-19)10-21-23/h10,24H,5-8,11H2,1-4H3,(H,20,25). The molecule has 7 nitrogen and oxygen atoms in total. The summed E-state index contributed by atoms with van der Waals surface area (Å²) in [5.74, 6) is -0.0249. The van der Waals surface area contributed by atoms with Gasteiger partial charge in [-0.15, -0.1) is 0 Å². The van der Waals surface area contributed by atoms with Crippen LogP contribution in [0, 0.1) is 30.6 Å². The molecule has 2 aromatic heterocycles. The molecular formula is C18H25N5O2. The van der Waals surface area contributed by atoms with E-state index in [4.69, 9.17) is 10.4 Å². The minimum atomic E-state index is -0.126. The van der Waals surface area contributed by atoms with Gasteiger partial charge in [0.05, 0.1) is 6.20 Å². The Morgan fingerprint density at radius 3 is 2.80 bits per heavy atom. The molecule has 0 aliphatic rings. The van der Waals surface area contributed by atoms with Gasteiger partial charge in [0.1, 0.15) is 11.6 Å². The second kappa shape index (κ2) is 7.62. The number of aromatic nitrogens is 3. The van der Waals surface area contributed by atoms with Crippen LogP contribution in [0.15, 0.2) is 6.20 Å². The first-order valence-corrected chi connectivity index (χ1v) is 8.40. The molecule has 0 atom stereocenters. The Bertz CT molecular complexity index is 817. The number of rotatable bonds is 7. The predicted molar refractivity (Wildman–Crippen MR) is 94.0 cm³/mol. The number of carbonyl (C=O) groups is 1. The SMILES string of the molecule is Cc1nc2c(C#N)cnn2c(C)c1CCC(=O)NCC(C)(C)CCO. The molecule has 2 N–H and O–H groups in total. The minimum absolute atomic E-state index is 0.0249. The van der Waals surface area contributed by atoms with Gasteiger partial charge < -0.3 is 10.4 Å². The van der Waals surface area contributed by atoms with Gasteiger partial charge in [-0.1, -0.05) is 13.8 Å². The molecule has 0 aliphatic carbocycles. The Morgan fingerprint density at radius 1 is 1.44 bits per heavy atom. The Labute approximate surface area is 147 Å². The first-order chi connectivity index (χ1) is 11.8. The van der Waals surface area contributed by atoms with Crippen molar-refractivity contribution in [3.63, 3.8) is 0 Å². The van der Waals surface area contributed by atoms with Crippen LogP contribution in [0.4, 0.5) is 0 Å². The number of nitrogens with one attached hydrogen (secondary N) is 1. The number of amides is 1. The molecule has 0 aliphatic heterocycles. The fraction of sp³-hybridized carbons (Fsp3) is 0.556. The van der Waals surface area contributed by atoms with E-state index < -0.39 is 0 Å². The summed E-state index contributed by atoms with van der Waals surface area (Å²) in [6.45, 7) is 8.49. The van der Waals surface area contributed by atoms with E-state index in [2.05, 4.69) is 21.5 Å². The molecule has 7 heteroatoms. The molecule has 0 fully saturated rings. The monoisotopic (exact) mass is 343 g/mol. The van der Waals surface area contributed by atoms with Crippen LogP contribution in [0.3, 0.4) is 0 Å². The molecule has 2 rings (SSSR count). The van der Waals surface area contributed by atoms with Crippen molar-refractivity contribution in [1.82, 2.24) is 19.9 Å². The predicted octanol–water partition coefficient (Wildman–Crippen LogP) is 1.68. The lowest BCUT2D eigenvalue weighted by atomic mass is 9.89. The largest absolute Gasteiger partial charge is 0.396 e. The van der Waals surface area contributed by atoms with E-state index >= 15 is 0 Å². The zero-order valence-electron chi connectivity index (χ0n) is 15.3. The average Bonchev–Trinajstić information content (AvgIpc) is 2.95. The third kappa shape index (κ3) is 4.34. The van der Waals surface area contributed by atoms with Crippen molar-refractivity contribution in [2.45, 2.75) is 47.0 Å². The molecule has 25 heavy (non-hydrogen) atoms. The molecule has 0 spiro atoms. The van der Waals surface area contributed by atoms with Crippen molar-refractivity contribution in [2.75, 3.05) is 13.2 Å². The van der Waals surface area contributed by atoms with Gasteiger partial charge in [0.25, 0.3) is 0 Å². The van der Waals surface area contributed by atoms with Gasteiger partial charge in [0.15, 0.2) is 5.65 Å². The van der Waals surface area contributed by atoms with Gasteiger partial charge in [-0.3, -0.25) is 4.79 Å². The smallest absolute Gasteiger partial charge is 0.220 e. The molecule has 1 amide bonds. The Hall–Kier alpha value is -2.46. The van der Waals surface area contributed by atoms with Crippen LogP contribution >= 0.6 is 0 Å². The van der Waals surface area contributed by atoms with Crippen LogP contribution in [0.1, 0.15) is 49.2 Å². The number of nitriles is 1. The molecule has 0 radical (unpaired) electrons. The number of fused-ring (bicyclic) bond motifs is 1. The molecular weight excluding hydrogens is 318 g/mol. The normalized spacial score (nSPS) is 11.5. The summed E-state index contributed by atoms with van der Waals surface area (Å²) in [6, 6.07) is 2.09. The van der Waals surface area contributed by atoms with E-state index in [1.165, 1.54) is 6.20 Å². The van der Waals surface area contributed by atoms with E-state index in [0.717, 1.165) is 17.0 Å². The Morgan fingerprint density at radius 2 is 2.16 bits per heavy atom. The zero-order valence-corrected chi connectivity index (χ0v) is 15.3. The average molecular weight is 343 g/mol. The maximum atomic E-state index is 12.1. The lowest BCUT2D eigenvalue weighted by Gasteiger charge is -2.23. The van der Waals surface area contributed by atoms with Gasteiger partial charge in [-0.05, 0) is 37.7 Å². The molecule has 0 saturated carbocycles. The molecule has 134 valence electrons. The number of hydrogen-bond acceptors (Lipinski definition) is 5. The maximum absolute atomic E-state index is 12.1. The van der Waals surface area contributed by atoms with Gasteiger partial charge in [0, 0.05) is 31.0 Å². The lowest BCUT2D eigenvalue weighted by Crippen LogP contribution is -2.34. The Balaban J connectivity index is 2.06. The molecule has 0 saturated heterocycles.